The molecule has 0 heterocycles. The summed E-state index contributed by atoms with van der Waals surface area (Å²) in [5, 5.41) is 0. The van der Waals surface area contributed by atoms with Crippen LogP contribution in [0.3, 0.4) is 0 Å². The predicted molar refractivity (Wildman–Crippen MR) is 82.1 cm³/mol. The van der Waals surface area contributed by atoms with Crippen LogP contribution >= 0.6 is 0 Å². The number of nitrogens with zero attached hydrogens (tertiary/aromatic N) is 1. The molecule has 2 nitrogen and oxygen atoms in total. The van der Waals surface area contributed by atoms with Gasteiger partial charge in [-0.1, -0.05) is 42.0 Å². The molecule has 2 fully saturated rings. The molecule has 1 aromatic carbocycles. The highest BCUT2D eigenvalue weighted by Gasteiger charge is 2.35. The second kappa shape index (κ2) is 5.82. The van der Waals surface area contributed by atoms with E-state index >= 15 is 0 Å². The topological polar surface area (TPSA) is 20.3 Å². The van der Waals surface area contributed by atoms with E-state index in [2.05, 4.69) is 42.2 Å². The second-order valence-electron chi connectivity index (χ2n) is 6.34. The van der Waals surface area contributed by atoms with Crippen LogP contribution in [0.15, 0.2) is 35.9 Å². The SMILES string of the molecule is C/C(=C/c1ccccc1)CN(CC1CC1)C(=O)C1CC1. The Bertz CT molecular complexity index is 497. The van der Waals surface area contributed by atoms with E-state index in [1.54, 1.807) is 0 Å². The van der Waals surface area contributed by atoms with Crippen LogP contribution in [0.5, 0.6) is 0 Å². The van der Waals surface area contributed by atoms with Gasteiger partial charge in [-0.15, -0.1) is 0 Å². The van der Waals surface area contributed by atoms with Crippen LogP contribution in [0, 0.1) is 11.8 Å². The normalized spacial score (nSPS) is 18.9. The minimum absolute atomic E-state index is 0.332. The molecular weight excluding hydrogens is 246 g/mol. The van der Waals surface area contributed by atoms with Gasteiger partial charge in [0.1, 0.15) is 0 Å². The van der Waals surface area contributed by atoms with Gasteiger partial charge in [0.25, 0.3) is 0 Å². The lowest BCUT2D eigenvalue weighted by Crippen LogP contribution is -2.35. The Balaban J connectivity index is 1.65. The zero-order valence-electron chi connectivity index (χ0n) is 12.2. The lowest BCUT2D eigenvalue weighted by Gasteiger charge is -2.23. The molecule has 0 atom stereocenters. The zero-order chi connectivity index (χ0) is 13.9. The molecule has 2 aliphatic rings. The fraction of sp³-hybridized carbons (Fsp3) is 0.500. The molecule has 20 heavy (non-hydrogen) atoms. The third kappa shape index (κ3) is 3.72. The van der Waals surface area contributed by atoms with E-state index < -0.39 is 0 Å². The molecule has 2 saturated carbocycles. The van der Waals surface area contributed by atoms with E-state index in [9.17, 15) is 4.79 Å². The Kier molecular flexibility index (Phi) is 3.90. The maximum atomic E-state index is 12.4. The van der Waals surface area contributed by atoms with Crippen molar-refractivity contribution in [2.24, 2.45) is 11.8 Å². The van der Waals surface area contributed by atoms with Gasteiger partial charge in [0.15, 0.2) is 0 Å². The summed E-state index contributed by atoms with van der Waals surface area (Å²) in [6.07, 6.45) is 6.99. The van der Waals surface area contributed by atoms with Crippen molar-refractivity contribution >= 4 is 12.0 Å². The molecule has 2 aliphatic carbocycles. The largest absolute Gasteiger partial charge is 0.338 e. The lowest BCUT2D eigenvalue weighted by molar-refractivity contribution is -0.132. The summed E-state index contributed by atoms with van der Waals surface area (Å²) in [5.74, 6) is 1.48. The minimum Gasteiger partial charge on any atom is -0.338 e. The second-order valence-corrected chi connectivity index (χ2v) is 6.34. The summed E-state index contributed by atoms with van der Waals surface area (Å²) in [6.45, 7) is 3.89. The maximum absolute atomic E-state index is 12.4. The van der Waals surface area contributed by atoms with E-state index in [4.69, 9.17) is 0 Å². The van der Waals surface area contributed by atoms with Gasteiger partial charge < -0.3 is 4.90 Å². The number of hydrogen-bond acceptors (Lipinski definition) is 1. The molecule has 0 unspecified atom stereocenters. The quantitative estimate of drug-likeness (QED) is 0.770. The van der Waals surface area contributed by atoms with Crippen molar-refractivity contribution in [3.63, 3.8) is 0 Å². The van der Waals surface area contributed by atoms with Gasteiger partial charge >= 0.3 is 0 Å². The van der Waals surface area contributed by atoms with Gasteiger partial charge in [-0.3, -0.25) is 4.79 Å². The lowest BCUT2D eigenvalue weighted by atomic mass is 10.1. The minimum atomic E-state index is 0.332. The van der Waals surface area contributed by atoms with Gasteiger partial charge in [-0.05, 0) is 44.1 Å². The van der Waals surface area contributed by atoms with Gasteiger partial charge in [-0.2, -0.15) is 0 Å². The molecule has 0 spiro atoms. The number of hydrogen-bond donors (Lipinski definition) is 0. The maximum Gasteiger partial charge on any atom is 0.225 e. The summed E-state index contributed by atoms with van der Waals surface area (Å²) in [7, 11) is 0. The van der Waals surface area contributed by atoms with Crippen molar-refractivity contribution in [3.8, 4) is 0 Å². The molecule has 0 radical (unpaired) electrons. The number of carbonyl (C=O) groups is 1. The van der Waals surface area contributed by atoms with Crippen LogP contribution in [0.4, 0.5) is 0 Å². The van der Waals surface area contributed by atoms with Gasteiger partial charge in [0.2, 0.25) is 5.91 Å². The number of rotatable bonds is 6. The first-order chi connectivity index (χ1) is 9.72. The van der Waals surface area contributed by atoms with E-state index in [0.717, 1.165) is 31.8 Å². The highest BCUT2D eigenvalue weighted by Crippen LogP contribution is 2.34. The van der Waals surface area contributed by atoms with Crippen molar-refractivity contribution in [3.05, 3.63) is 41.5 Å². The first-order valence-electron chi connectivity index (χ1n) is 7.73. The zero-order valence-corrected chi connectivity index (χ0v) is 12.2. The van der Waals surface area contributed by atoms with Gasteiger partial charge in [-0.25, -0.2) is 0 Å². The van der Waals surface area contributed by atoms with E-state index in [1.165, 1.54) is 24.0 Å². The van der Waals surface area contributed by atoms with E-state index in [0.29, 0.717) is 11.8 Å². The van der Waals surface area contributed by atoms with Crippen LogP contribution in [0.1, 0.15) is 38.2 Å². The van der Waals surface area contributed by atoms with E-state index in [1.807, 2.05) is 6.07 Å². The van der Waals surface area contributed by atoms with Gasteiger partial charge in [0, 0.05) is 19.0 Å². The third-order valence-electron chi connectivity index (χ3n) is 4.07. The van der Waals surface area contributed by atoms with Crippen molar-refractivity contribution in [1.29, 1.82) is 0 Å². The Hall–Kier alpha value is -1.57. The fourth-order valence-electron chi connectivity index (χ4n) is 2.61. The fourth-order valence-corrected chi connectivity index (χ4v) is 2.61. The van der Waals surface area contributed by atoms with Crippen molar-refractivity contribution in [2.75, 3.05) is 13.1 Å². The summed E-state index contributed by atoms with van der Waals surface area (Å²) in [4.78, 5) is 14.5. The van der Waals surface area contributed by atoms with Crippen molar-refractivity contribution < 1.29 is 4.79 Å². The molecule has 0 aromatic heterocycles. The molecule has 0 bridgehead atoms. The Morgan fingerprint density at radius 1 is 1.20 bits per heavy atom. The molecule has 1 aromatic rings. The molecule has 0 aliphatic heterocycles. The van der Waals surface area contributed by atoms with Crippen LogP contribution in [0.25, 0.3) is 6.08 Å². The van der Waals surface area contributed by atoms with Gasteiger partial charge in [0.05, 0.1) is 0 Å². The molecule has 1 amide bonds. The Morgan fingerprint density at radius 2 is 1.90 bits per heavy atom. The number of carbonyl (C=O) groups excluding carboxylic acids is 1. The standard InChI is InChI=1S/C18H23NO/c1-14(11-15-5-3-2-4-6-15)12-19(13-16-7-8-16)18(20)17-9-10-17/h2-6,11,16-17H,7-10,12-13H2,1H3/b14-11-. The molecule has 3 rings (SSSR count). The van der Waals surface area contributed by atoms with Crippen molar-refractivity contribution in [1.82, 2.24) is 4.90 Å². The van der Waals surface area contributed by atoms with Crippen LogP contribution in [0.2, 0.25) is 0 Å². The van der Waals surface area contributed by atoms with Crippen molar-refractivity contribution in [2.45, 2.75) is 32.6 Å². The first-order valence-corrected chi connectivity index (χ1v) is 7.73. The summed E-state index contributed by atoms with van der Waals surface area (Å²) in [5.41, 5.74) is 2.49. The Morgan fingerprint density at radius 3 is 2.50 bits per heavy atom. The molecule has 106 valence electrons. The number of benzene rings is 1. The molecule has 2 heteroatoms. The average molecular weight is 269 g/mol. The Labute approximate surface area is 121 Å². The average Bonchev–Trinajstić information content (AvgIpc) is 3.31. The summed E-state index contributed by atoms with van der Waals surface area (Å²) < 4.78 is 0. The van der Waals surface area contributed by atoms with E-state index in [-0.39, 0.29) is 0 Å². The molecular formula is C18H23NO. The van der Waals surface area contributed by atoms with Crippen LogP contribution < -0.4 is 0 Å². The highest BCUT2D eigenvalue weighted by molar-refractivity contribution is 5.81. The molecule has 0 saturated heterocycles. The smallest absolute Gasteiger partial charge is 0.225 e. The predicted octanol–water partition coefficient (Wildman–Crippen LogP) is 3.74. The summed E-state index contributed by atoms with van der Waals surface area (Å²) in [6, 6.07) is 10.4. The van der Waals surface area contributed by atoms with Crippen LogP contribution in [-0.4, -0.2) is 23.9 Å². The monoisotopic (exact) mass is 269 g/mol. The highest BCUT2D eigenvalue weighted by atomic mass is 16.2. The van der Waals surface area contributed by atoms with Crippen LogP contribution in [-0.2, 0) is 4.79 Å². The molecule has 0 N–H and O–H groups in total. The number of amides is 1. The third-order valence-corrected chi connectivity index (χ3v) is 4.07. The first kappa shape index (κ1) is 13.4. The summed E-state index contributed by atoms with van der Waals surface area (Å²) >= 11 is 0.